The number of carbonyl (C=O) groups excluding carboxylic acids is 1. The Labute approximate surface area is 119 Å². The van der Waals surface area contributed by atoms with Crippen molar-refractivity contribution in [3.8, 4) is 0 Å². The maximum absolute atomic E-state index is 11.8. The van der Waals surface area contributed by atoms with Gasteiger partial charge in [0.2, 0.25) is 5.91 Å². The van der Waals surface area contributed by atoms with E-state index in [1.165, 1.54) is 0 Å². The summed E-state index contributed by atoms with van der Waals surface area (Å²) in [5.41, 5.74) is 0.929. The van der Waals surface area contributed by atoms with Crippen LogP contribution >= 0.6 is 27.5 Å². The highest BCUT2D eigenvalue weighted by Crippen LogP contribution is 2.28. The first-order valence-corrected chi connectivity index (χ1v) is 7.00. The molecule has 0 aliphatic carbocycles. The Balaban J connectivity index is 2.03. The molecule has 4 heteroatoms. The molecular formula is C14H11BrClNO. The second kappa shape index (κ2) is 4.56. The molecule has 1 fully saturated rings. The zero-order chi connectivity index (χ0) is 12.7. The molecule has 1 unspecified atom stereocenters. The summed E-state index contributed by atoms with van der Waals surface area (Å²) in [6.07, 6.45) is 0.430. The topological polar surface area (TPSA) is 20.3 Å². The summed E-state index contributed by atoms with van der Waals surface area (Å²) in [7, 11) is 0. The Morgan fingerprint density at radius 1 is 1.17 bits per heavy atom. The van der Waals surface area contributed by atoms with E-state index in [1.54, 1.807) is 4.90 Å². The van der Waals surface area contributed by atoms with Crippen LogP contribution in [0.5, 0.6) is 0 Å². The van der Waals surface area contributed by atoms with Gasteiger partial charge in [-0.15, -0.1) is 11.6 Å². The lowest BCUT2D eigenvalue weighted by atomic mass is 10.1. The van der Waals surface area contributed by atoms with Crippen LogP contribution in [-0.2, 0) is 4.79 Å². The van der Waals surface area contributed by atoms with E-state index in [-0.39, 0.29) is 11.3 Å². The molecule has 0 radical (unpaired) electrons. The number of carbonyl (C=O) groups is 1. The first kappa shape index (κ1) is 12.0. The van der Waals surface area contributed by atoms with Crippen LogP contribution in [0.1, 0.15) is 6.42 Å². The lowest BCUT2D eigenvalue weighted by molar-refractivity contribution is -0.117. The quantitative estimate of drug-likeness (QED) is 0.727. The van der Waals surface area contributed by atoms with Gasteiger partial charge in [-0.25, -0.2) is 0 Å². The van der Waals surface area contributed by atoms with Crippen molar-refractivity contribution in [2.45, 2.75) is 11.8 Å². The fraction of sp³-hybridized carbons (Fsp3) is 0.214. The number of anilines is 1. The molecule has 18 heavy (non-hydrogen) atoms. The summed E-state index contributed by atoms with van der Waals surface area (Å²) >= 11 is 9.47. The Morgan fingerprint density at radius 2 is 1.89 bits per heavy atom. The molecule has 1 heterocycles. The van der Waals surface area contributed by atoms with Crippen molar-refractivity contribution in [3.05, 3.63) is 40.9 Å². The third kappa shape index (κ3) is 2.13. The lowest BCUT2D eigenvalue weighted by Gasteiger charge is -2.16. The molecule has 1 aliphatic rings. The molecule has 1 saturated heterocycles. The smallest absolute Gasteiger partial charge is 0.228 e. The van der Waals surface area contributed by atoms with Crippen LogP contribution in [0, 0.1) is 0 Å². The minimum absolute atomic E-state index is 0.0712. The standard InChI is InChI=1S/C14H11BrClNO/c15-11-3-1-10-6-13(4-2-9(10)5-11)17-8-12(16)7-14(17)18/h1-6,12H,7-8H2. The third-order valence-corrected chi connectivity index (χ3v) is 3.96. The zero-order valence-electron chi connectivity index (χ0n) is 9.57. The Hall–Kier alpha value is -1.06. The minimum atomic E-state index is -0.0712. The highest BCUT2D eigenvalue weighted by molar-refractivity contribution is 9.10. The second-order valence-corrected chi connectivity index (χ2v) is 6.01. The predicted octanol–water partition coefficient (Wildman–Crippen LogP) is 3.95. The van der Waals surface area contributed by atoms with Gasteiger partial charge in [-0.1, -0.05) is 28.1 Å². The Morgan fingerprint density at radius 3 is 2.61 bits per heavy atom. The first-order valence-electron chi connectivity index (χ1n) is 5.77. The number of hydrogen-bond donors (Lipinski definition) is 0. The van der Waals surface area contributed by atoms with Gasteiger partial charge in [-0.05, 0) is 35.0 Å². The van der Waals surface area contributed by atoms with E-state index in [2.05, 4.69) is 22.0 Å². The zero-order valence-corrected chi connectivity index (χ0v) is 11.9. The largest absolute Gasteiger partial charge is 0.311 e. The molecule has 2 aromatic carbocycles. The van der Waals surface area contributed by atoms with Crippen molar-refractivity contribution in [1.82, 2.24) is 0 Å². The van der Waals surface area contributed by atoms with E-state index in [4.69, 9.17) is 11.6 Å². The Bertz CT molecular complexity index is 628. The molecule has 0 saturated carbocycles. The molecule has 92 valence electrons. The predicted molar refractivity (Wildman–Crippen MR) is 78.3 cm³/mol. The summed E-state index contributed by atoms with van der Waals surface area (Å²) in [4.78, 5) is 13.6. The fourth-order valence-corrected chi connectivity index (χ4v) is 2.93. The third-order valence-electron chi connectivity index (χ3n) is 3.18. The van der Waals surface area contributed by atoms with Gasteiger partial charge in [-0.2, -0.15) is 0 Å². The van der Waals surface area contributed by atoms with E-state index in [1.807, 2.05) is 30.3 Å². The molecule has 0 aromatic heterocycles. The summed E-state index contributed by atoms with van der Waals surface area (Å²) < 4.78 is 1.06. The van der Waals surface area contributed by atoms with E-state index in [0.29, 0.717) is 13.0 Å². The van der Waals surface area contributed by atoms with E-state index in [0.717, 1.165) is 20.9 Å². The van der Waals surface area contributed by atoms with Crippen molar-refractivity contribution in [3.63, 3.8) is 0 Å². The number of fused-ring (bicyclic) bond motifs is 1. The van der Waals surface area contributed by atoms with Crippen LogP contribution in [0.2, 0.25) is 0 Å². The number of halogens is 2. The van der Waals surface area contributed by atoms with Gasteiger partial charge < -0.3 is 4.90 Å². The molecule has 0 bridgehead atoms. The maximum atomic E-state index is 11.8. The molecule has 2 aromatic rings. The van der Waals surface area contributed by atoms with Gasteiger partial charge >= 0.3 is 0 Å². The molecule has 3 rings (SSSR count). The molecule has 1 atom stereocenters. The SMILES string of the molecule is O=C1CC(Cl)CN1c1ccc2cc(Br)ccc2c1. The average Bonchev–Trinajstić information content (AvgIpc) is 2.68. The van der Waals surface area contributed by atoms with Crippen LogP contribution in [0.4, 0.5) is 5.69 Å². The van der Waals surface area contributed by atoms with Gasteiger partial charge in [0.25, 0.3) is 0 Å². The minimum Gasteiger partial charge on any atom is -0.311 e. The van der Waals surface area contributed by atoms with Crippen LogP contribution < -0.4 is 4.90 Å². The summed E-state index contributed by atoms with van der Waals surface area (Å²) in [5.74, 6) is 0.103. The second-order valence-electron chi connectivity index (χ2n) is 4.48. The lowest BCUT2D eigenvalue weighted by Crippen LogP contribution is -2.24. The normalized spacial score (nSPS) is 19.8. The summed E-state index contributed by atoms with van der Waals surface area (Å²) in [5, 5.41) is 2.21. The van der Waals surface area contributed by atoms with Crippen molar-refractivity contribution < 1.29 is 4.79 Å². The summed E-state index contributed by atoms with van der Waals surface area (Å²) in [6, 6.07) is 12.2. The first-order chi connectivity index (χ1) is 8.63. The van der Waals surface area contributed by atoms with Gasteiger partial charge in [0.15, 0.2) is 0 Å². The van der Waals surface area contributed by atoms with Crippen molar-refractivity contribution in [2.75, 3.05) is 11.4 Å². The van der Waals surface area contributed by atoms with Gasteiger partial charge in [-0.3, -0.25) is 4.79 Å². The van der Waals surface area contributed by atoms with Crippen molar-refractivity contribution in [1.29, 1.82) is 0 Å². The van der Waals surface area contributed by atoms with Crippen LogP contribution in [0.3, 0.4) is 0 Å². The van der Waals surface area contributed by atoms with Crippen LogP contribution in [0.15, 0.2) is 40.9 Å². The monoisotopic (exact) mass is 323 g/mol. The van der Waals surface area contributed by atoms with E-state index < -0.39 is 0 Å². The highest BCUT2D eigenvalue weighted by atomic mass is 79.9. The molecule has 0 N–H and O–H groups in total. The number of alkyl halides is 1. The molecule has 1 aliphatic heterocycles. The molecular weight excluding hydrogens is 314 g/mol. The van der Waals surface area contributed by atoms with Gasteiger partial charge in [0, 0.05) is 23.1 Å². The maximum Gasteiger partial charge on any atom is 0.228 e. The number of rotatable bonds is 1. The van der Waals surface area contributed by atoms with Crippen LogP contribution in [0.25, 0.3) is 10.8 Å². The van der Waals surface area contributed by atoms with Crippen LogP contribution in [-0.4, -0.2) is 17.8 Å². The van der Waals surface area contributed by atoms with Crippen molar-refractivity contribution in [2.24, 2.45) is 0 Å². The van der Waals surface area contributed by atoms with Gasteiger partial charge in [0.05, 0.1) is 5.38 Å². The number of amides is 1. The summed E-state index contributed by atoms with van der Waals surface area (Å²) in [6.45, 7) is 0.600. The molecule has 1 amide bonds. The number of hydrogen-bond acceptors (Lipinski definition) is 1. The number of nitrogens with zero attached hydrogens (tertiary/aromatic N) is 1. The van der Waals surface area contributed by atoms with E-state index in [9.17, 15) is 4.79 Å². The average molecular weight is 325 g/mol. The highest BCUT2D eigenvalue weighted by Gasteiger charge is 2.29. The molecule has 2 nitrogen and oxygen atoms in total. The fourth-order valence-electron chi connectivity index (χ4n) is 2.29. The molecule has 0 spiro atoms. The van der Waals surface area contributed by atoms with E-state index >= 15 is 0 Å². The Kier molecular flexibility index (Phi) is 3.04. The number of benzene rings is 2. The van der Waals surface area contributed by atoms with Gasteiger partial charge in [0.1, 0.15) is 0 Å². The van der Waals surface area contributed by atoms with Crippen molar-refractivity contribution >= 4 is 49.9 Å².